The van der Waals surface area contributed by atoms with Gasteiger partial charge in [-0.2, -0.15) is 0 Å². The maximum absolute atomic E-state index is 3.74. The maximum atomic E-state index is 3.74. The monoisotopic (exact) mass is 264 g/mol. The lowest BCUT2D eigenvalue weighted by Gasteiger charge is -2.40. The highest BCUT2D eigenvalue weighted by molar-refractivity contribution is 4.95. The molecule has 1 N–H and O–H groups in total. The molecule has 2 atom stereocenters. The van der Waals surface area contributed by atoms with E-state index in [2.05, 4.69) is 31.0 Å². The quantitative estimate of drug-likeness (QED) is 0.782. The van der Waals surface area contributed by atoms with Crippen LogP contribution in [0.15, 0.2) is 0 Å². The first kappa shape index (κ1) is 13.9. The number of nitrogens with zero attached hydrogens (tertiary/aromatic N) is 1. The zero-order chi connectivity index (χ0) is 13.5. The van der Waals surface area contributed by atoms with Crippen molar-refractivity contribution in [2.75, 3.05) is 19.6 Å². The van der Waals surface area contributed by atoms with Gasteiger partial charge >= 0.3 is 0 Å². The Hall–Kier alpha value is -0.0800. The third kappa shape index (κ3) is 3.00. The molecule has 0 amide bonds. The zero-order valence-electron chi connectivity index (χ0n) is 13.1. The van der Waals surface area contributed by atoms with Crippen molar-refractivity contribution in [1.29, 1.82) is 0 Å². The molecule has 0 aromatic rings. The highest BCUT2D eigenvalue weighted by Gasteiger charge is 2.39. The van der Waals surface area contributed by atoms with Crippen LogP contribution in [-0.2, 0) is 0 Å². The topological polar surface area (TPSA) is 15.3 Å². The van der Waals surface area contributed by atoms with Crippen LogP contribution in [-0.4, -0.2) is 36.6 Å². The van der Waals surface area contributed by atoms with Crippen LogP contribution in [0.4, 0.5) is 0 Å². The molecule has 0 spiro atoms. The molecule has 1 saturated carbocycles. The zero-order valence-corrected chi connectivity index (χ0v) is 13.1. The lowest BCUT2D eigenvalue weighted by Crippen LogP contribution is -2.42. The summed E-state index contributed by atoms with van der Waals surface area (Å²) in [7, 11) is 0. The largest absolute Gasteiger partial charge is 0.312 e. The molecule has 1 aliphatic carbocycles. The Morgan fingerprint density at radius 1 is 0.947 bits per heavy atom. The van der Waals surface area contributed by atoms with Crippen molar-refractivity contribution in [2.45, 2.75) is 71.4 Å². The summed E-state index contributed by atoms with van der Waals surface area (Å²) in [6.07, 6.45) is 8.65. The smallest absolute Gasteiger partial charge is 0.0235 e. The SMILES string of the molecule is CC(C)(C)C1CCC(N2C[C@@H]3CCCN[C@@H]3C2)CC1. The maximum Gasteiger partial charge on any atom is 0.0235 e. The molecular weight excluding hydrogens is 232 g/mol. The van der Waals surface area contributed by atoms with E-state index < -0.39 is 0 Å². The molecule has 2 nitrogen and oxygen atoms in total. The van der Waals surface area contributed by atoms with E-state index in [0.29, 0.717) is 5.41 Å². The van der Waals surface area contributed by atoms with Gasteiger partial charge in [0.05, 0.1) is 0 Å². The van der Waals surface area contributed by atoms with Gasteiger partial charge in [-0.15, -0.1) is 0 Å². The fourth-order valence-corrected chi connectivity index (χ4v) is 4.69. The minimum Gasteiger partial charge on any atom is -0.312 e. The van der Waals surface area contributed by atoms with E-state index in [1.165, 1.54) is 58.2 Å². The van der Waals surface area contributed by atoms with Crippen LogP contribution in [0.5, 0.6) is 0 Å². The summed E-state index contributed by atoms with van der Waals surface area (Å²) in [5.74, 6) is 1.90. The summed E-state index contributed by atoms with van der Waals surface area (Å²) in [6, 6.07) is 1.71. The van der Waals surface area contributed by atoms with Crippen LogP contribution >= 0.6 is 0 Å². The summed E-state index contributed by atoms with van der Waals surface area (Å²) in [6.45, 7) is 11.2. The molecule has 2 heteroatoms. The molecule has 0 unspecified atom stereocenters. The standard InChI is InChI=1S/C17H32N2/c1-17(2,3)14-6-8-15(9-7-14)19-11-13-5-4-10-18-16(13)12-19/h13-16,18H,4-12H2,1-3H3/t13-,14?,15?,16+/m0/s1. The number of hydrogen-bond donors (Lipinski definition) is 1. The lowest BCUT2D eigenvalue weighted by atomic mass is 9.71. The number of fused-ring (bicyclic) bond motifs is 1. The molecule has 2 aliphatic heterocycles. The Morgan fingerprint density at radius 2 is 1.68 bits per heavy atom. The van der Waals surface area contributed by atoms with E-state index >= 15 is 0 Å². The average Bonchev–Trinajstić information content (AvgIpc) is 2.81. The predicted octanol–water partition coefficient (Wildman–Crippen LogP) is 3.28. The summed E-state index contributed by atoms with van der Waals surface area (Å²) < 4.78 is 0. The van der Waals surface area contributed by atoms with Gasteiger partial charge in [0.25, 0.3) is 0 Å². The Balaban J connectivity index is 1.52. The Morgan fingerprint density at radius 3 is 2.32 bits per heavy atom. The number of piperidine rings is 1. The lowest BCUT2D eigenvalue weighted by molar-refractivity contribution is 0.107. The molecule has 2 saturated heterocycles. The van der Waals surface area contributed by atoms with E-state index in [0.717, 1.165) is 23.9 Å². The number of rotatable bonds is 1. The van der Waals surface area contributed by atoms with E-state index in [9.17, 15) is 0 Å². The number of likely N-dealkylation sites (tertiary alicyclic amines) is 1. The second-order valence-electron chi connectivity index (χ2n) is 8.29. The van der Waals surface area contributed by atoms with Crippen molar-refractivity contribution in [2.24, 2.45) is 17.3 Å². The molecule has 2 heterocycles. The van der Waals surface area contributed by atoms with Gasteiger partial charge in [0.15, 0.2) is 0 Å². The fraction of sp³-hybridized carbons (Fsp3) is 1.00. The third-order valence-electron chi connectivity index (χ3n) is 6.07. The normalized spacial score (nSPS) is 41.2. The molecule has 3 aliphatic rings. The van der Waals surface area contributed by atoms with Crippen molar-refractivity contribution in [3.63, 3.8) is 0 Å². The van der Waals surface area contributed by atoms with Gasteiger partial charge in [0.2, 0.25) is 0 Å². The molecule has 0 bridgehead atoms. The summed E-state index contributed by atoms with van der Waals surface area (Å²) >= 11 is 0. The van der Waals surface area contributed by atoms with Crippen LogP contribution in [0.1, 0.15) is 59.3 Å². The van der Waals surface area contributed by atoms with Crippen LogP contribution in [0.3, 0.4) is 0 Å². The fourth-order valence-electron chi connectivity index (χ4n) is 4.69. The molecule has 0 aromatic carbocycles. The highest BCUT2D eigenvalue weighted by atomic mass is 15.2. The van der Waals surface area contributed by atoms with Crippen molar-refractivity contribution in [1.82, 2.24) is 10.2 Å². The third-order valence-corrected chi connectivity index (χ3v) is 6.07. The van der Waals surface area contributed by atoms with E-state index in [-0.39, 0.29) is 0 Å². The first-order valence-electron chi connectivity index (χ1n) is 8.51. The van der Waals surface area contributed by atoms with Crippen LogP contribution < -0.4 is 5.32 Å². The minimum atomic E-state index is 0.519. The van der Waals surface area contributed by atoms with Gasteiger partial charge in [-0.25, -0.2) is 0 Å². The van der Waals surface area contributed by atoms with Crippen LogP contribution in [0.2, 0.25) is 0 Å². The molecule has 3 fully saturated rings. The van der Waals surface area contributed by atoms with E-state index in [1.54, 1.807) is 0 Å². The van der Waals surface area contributed by atoms with Gasteiger partial charge in [0.1, 0.15) is 0 Å². The predicted molar refractivity (Wildman–Crippen MR) is 81.3 cm³/mol. The molecule has 0 radical (unpaired) electrons. The molecular formula is C17H32N2. The van der Waals surface area contributed by atoms with Crippen LogP contribution in [0, 0.1) is 17.3 Å². The number of nitrogens with one attached hydrogen (secondary N) is 1. The van der Waals surface area contributed by atoms with Crippen LogP contribution in [0.25, 0.3) is 0 Å². The molecule has 19 heavy (non-hydrogen) atoms. The first-order chi connectivity index (χ1) is 9.04. The summed E-state index contributed by atoms with van der Waals surface area (Å²) in [5, 5.41) is 3.74. The van der Waals surface area contributed by atoms with Gasteiger partial charge in [0, 0.05) is 25.2 Å². The Bertz CT molecular complexity index is 285. The van der Waals surface area contributed by atoms with Crippen molar-refractivity contribution >= 4 is 0 Å². The van der Waals surface area contributed by atoms with Gasteiger partial charge in [-0.3, -0.25) is 4.90 Å². The summed E-state index contributed by atoms with van der Waals surface area (Å²) in [5.41, 5.74) is 0.519. The molecule has 3 rings (SSSR count). The van der Waals surface area contributed by atoms with Crippen molar-refractivity contribution < 1.29 is 0 Å². The number of hydrogen-bond acceptors (Lipinski definition) is 2. The van der Waals surface area contributed by atoms with Gasteiger partial charge in [-0.1, -0.05) is 20.8 Å². The Labute approximate surface area is 119 Å². The first-order valence-corrected chi connectivity index (χ1v) is 8.51. The average molecular weight is 264 g/mol. The van der Waals surface area contributed by atoms with Gasteiger partial charge < -0.3 is 5.32 Å². The van der Waals surface area contributed by atoms with Crippen molar-refractivity contribution in [3.05, 3.63) is 0 Å². The van der Waals surface area contributed by atoms with Gasteiger partial charge in [-0.05, 0) is 62.3 Å². The molecule has 110 valence electrons. The van der Waals surface area contributed by atoms with E-state index in [1.807, 2.05) is 0 Å². The molecule has 0 aromatic heterocycles. The van der Waals surface area contributed by atoms with Crippen molar-refractivity contribution in [3.8, 4) is 0 Å². The minimum absolute atomic E-state index is 0.519. The second-order valence-corrected chi connectivity index (χ2v) is 8.29. The second kappa shape index (κ2) is 5.37. The Kier molecular flexibility index (Phi) is 3.92. The highest BCUT2D eigenvalue weighted by Crippen LogP contribution is 2.40. The summed E-state index contributed by atoms with van der Waals surface area (Å²) in [4.78, 5) is 2.83. The van der Waals surface area contributed by atoms with E-state index in [4.69, 9.17) is 0 Å².